The van der Waals surface area contributed by atoms with Crippen molar-refractivity contribution >= 4 is 63.7 Å². The van der Waals surface area contributed by atoms with E-state index in [4.69, 9.17) is 25.9 Å². The zero-order chi connectivity index (χ0) is 39.0. The van der Waals surface area contributed by atoms with Crippen molar-refractivity contribution in [3.05, 3.63) is 82.9 Å². The van der Waals surface area contributed by atoms with Crippen LogP contribution in [-0.2, 0) is 33.5 Å². The number of hydrogen-bond acceptors (Lipinski definition) is 14. The van der Waals surface area contributed by atoms with E-state index in [1.165, 1.54) is 29.0 Å². The smallest absolute Gasteiger partial charge is 0.353 e. The van der Waals surface area contributed by atoms with Gasteiger partial charge in [0.2, 0.25) is 16.4 Å². The first kappa shape index (κ1) is 38.5. The lowest BCUT2D eigenvalue weighted by Crippen LogP contribution is -2.68. The number of esters is 2. The predicted molar refractivity (Wildman–Crippen MR) is 200 cm³/mol. The van der Waals surface area contributed by atoms with E-state index in [1.807, 2.05) is 60.7 Å². The number of thioether (sulfide) groups is 1. The van der Waals surface area contributed by atoms with E-state index >= 15 is 0 Å². The Hall–Kier alpha value is -5.20. The number of hydrogen-bond donors (Lipinski definition) is 3. The summed E-state index contributed by atoms with van der Waals surface area (Å²) in [4.78, 5) is 79.5. The first-order chi connectivity index (χ1) is 25.5. The van der Waals surface area contributed by atoms with Gasteiger partial charge in [0, 0.05) is 18.5 Å². The molecule has 3 aliphatic heterocycles. The van der Waals surface area contributed by atoms with Crippen LogP contribution in [0.15, 0.2) is 71.2 Å². The van der Waals surface area contributed by atoms with E-state index < -0.39 is 63.4 Å². The molecule has 3 aliphatic rings. The summed E-state index contributed by atoms with van der Waals surface area (Å²) < 4.78 is 11.7. The van der Waals surface area contributed by atoms with Gasteiger partial charge in [-0.3, -0.25) is 19.5 Å². The van der Waals surface area contributed by atoms with Crippen molar-refractivity contribution in [3.63, 3.8) is 0 Å². The molecule has 0 radical (unpaired) electrons. The maximum absolute atomic E-state index is 14.6. The highest BCUT2D eigenvalue weighted by Crippen LogP contribution is 2.50. The number of ether oxygens (including phenoxy) is 2. The third kappa shape index (κ3) is 7.72. The number of thiazole rings is 1. The third-order valence-corrected chi connectivity index (χ3v) is 11.2. The largest absolute Gasteiger partial charge is 0.457 e. The number of nitrogens with one attached hydrogen (secondary N) is 1. The Labute approximate surface area is 320 Å². The van der Waals surface area contributed by atoms with Gasteiger partial charge in [-0.15, -0.1) is 11.3 Å². The maximum atomic E-state index is 14.6. The molecule has 3 saturated heterocycles. The number of β-lactam (4-membered cyclic amide) rings is 1. The van der Waals surface area contributed by atoms with E-state index in [0.29, 0.717) is 17.5 Å². The van der Waals surface area contributed by atoms with Crippen molar-refractivity contribution in [2.45, 2.75) is 74.6 Å². The minimum atomic E-state index is -1.71. The molecule has 0 unspecified atom stereocenters. The summed E-state index contributed by atoms with van der Waals surface area (Å²) in [5, 5.41) is 8.56. The summed E-state index contributed by atoms with van der Waals surface area (Å²) in [5.41, 5.74) is 4.54. The molecule has 6 rings (SSSR count). The molecule has 4 amide bonds. The molecule has 0 spiro atoms. The van der Waals surface area contributed by atoms with Crippen LogP contribution in [0.25, 0.3) is 0 Å². The number of benzene rings is 2. The molecule has 5 N–H and O–H groups in total. The lowest BCUT2D eigenvalue weighted by molar-refractivity contribution is -0.179. The van der Waals surface area contributed by atoms with Gasteiger partial charge < -0.3 is 30.3 Å². The summed E-state index contributed by atoms with van der Waals surface area (Å²) in [6, 6.07) is 16.6. The van der Waals surface area contributed by atoms with Crippen LogP contribution in [0, 0.1) is 0 Å². The van der Waals surface area contributed by atoms with Gasteiger partial charge in [0.25, 0.3) is 5.91 Å². The molecule has 1 aromatic heterocycles. The molecular formula is C36H42N8O8S2. The fraction of sp³-hybridized carbons (Fsp3) is 0.417. The maximum Gasteiger partial charge on any atom is 0.353 e. The van der Waals surface area contributed by atoms with Gasteiger partial charge >= 0.3 is 18.0 Å². The normalized spacial score (nSPS) is 21.8. The average molecular weight is 779 g/mol. The number of anilines is 1. The molecule has 0 aliphatic carbocycles. The average Bonchev–Trinajstić information content (AvgIpc) is 3.73. The number of nitrogen functional groups attached to an aromatic ring is 1. The monoisotopic (exact) mass is 778 g/mol. The first-order valence-corrected chi connectivity index (χ1v) is 18.9. The Bertz CT molecular complexity index is 1910. The van der Waals surface area contributed by atoms with Crippen LogP contribution in [0.3, 0.4) is 0 Å². The first-order valence-electron chi connectivity index (χ1n) is 17.2. The topological polar surface area (TPSA) is 212 Å². The van der Waals surface area contributed by atoms with E-state index in [9.17, 15) is 24.0 Å². The Morgan fingerprint density at radius 3 is 2.20 bits per heavy atom. The number of urea groups is 1. The van der Waals surface area contributed by atoms with Gasteiger partial charge in [0.1, 0.15) is 22.7 Å². The summed E-state index contributed by atoms with van der Waals surface area (Å²) in [6.45, 7) is 8.22. The van der Waals surface area contributed by atoms with Crippen molar-refractivity contribution in [1.82, 2.24) is 25.1 Å². The number of carbonyl (C=O) groups is 5. The third-order valence-electron chi connectivity index (χ3n) is 8.81. The Kier molecular flexibility index (Phi) is 10.6. The number of carbonyl (C=O) groups excluding carboxylic acids is 5. The molecule has 4 heterocycles. The van der Waals surface area contributed by atoms with Gasteiger partial charge in [-0.25, -0.2) is 25.2 Å². The molecule has 3 atom stereocenters. The molecule has 2 aromatic carbocycles. The summed E-state index contributed by atoms with van der Waals surface area (Å²) >= 11 is 2.07. The van der Waals surface area contributed by atoms with Crippen LogP contribution < -0.4 is 16.9 Å². The molecule has 3 fully saturated rings. The van der Waals surface area contributed by atoms with Crippen molar-refractivity contribution in [3.8, 4) is 0 Å². The number of amides is 4. The van der Waals surface area contributed by atoms with E-state index in [0.717, 1.165) is 28.1 Å². The van der Waals surface area contributed by atoms with Gasteiger partial charge in [-0.05, 0) is 52.2 Å². The zero-order valence-electron chi connectivity index (χ0n) is 30.4. The zero-order valence-corrected chi connectivity index (χ0v) is 32.0. The molecule has 286 valence electrons. The van der Waals surface area contributed by atoms with E-state index in [-0.39, 0.29) is 36.2 Å². The van der Waals surface area contributed by atoms with E-state index in [2.05, 4.69) is 15.5 Å². The minimum absolute atomic E-state index is 0.0467. The van der Waals surface area contributed by atoms with Gasteiger partial charge in [-0.2, -0.15) is 0 Å². The van der Waals surface area contributed by atoms with Crippen molar-refractivity contribution in [1.29, 1.82) is 0 Å². The van der Waals surface area contributed by atoms with Gasteiger partial charge in [-0.1, -0.05) is 77.6 Å². The molecule has 0 saturated carbocycles. The number of hydrazine groups is 1. The van der Waals surface area contributed by atoms with Crippen LogP contribution in [-0.4, -0.2) is 102 Å². The predicted octanol–water partition coefficient (Wildman–Crippen LogP) is 3.00. The van der Waals surface area contributed by atoms with Crippen LogP contribution in [0.1, 0.15) is 64.0 Å². The van der Waals surface area contributed by atoms with Crippen LogP contribution >= 0.6 is 23.1 Å². The lowest BCUT2D eigenvalue weighted by atomic mass is 10.0. The summed E-state index contributed by atoms with van der Waals surface area (Å²) in [5.74, 6) is 3.23. The highest BCUT2D eigenvalue weighted by Gasteiger charge is 2.66. The molecule has 18 heteroatoms. The Morgan fingerprint density at radius 2 is 1.63 bits per heavy atom. The lowest BCUT2D eigenvalue weighted by Gasteiger charge is -2.42. The number of fused-ring (bicyclic) bond motifs is 1. The second-order valence-electron chi connectivity index (χ2n) is 14.4. The fourth-order valence-corrected chi connectivity index (χ4v) is 8.30. The number of oxime groups is 1. The highest BCUT2D eigenvalue weighted by molar-refractivity contribution is 8.02. The second-order valence-corrected chi connectivity index (χ2v) is 16.7. The molecule has 16 nitrogen and oxygen atoms in total. The fourth-order valence-electron chi connectivity index (χ4n) is 6.07. The molecular weight excluding hydrogens is 737 g/mol. The van der Waals surface area contributed by atoms with Crippen LogP contribution in [0.4, 0.5) is 9.93 Å². The number of nitrogens with zero attached hydrogens (tertiary/aromatic N) is 5. The summed E-state index contributed by atoms with van der Waals surface area (Å²) in [6.07, 6.45) is -0.367. The molecule has 0 bridgehead atoms. The van der Waals surface area contributed by atoms with Crippen LogP contribution in [0.5, 0.6) is 0 Å². The van der Waals surface area contributed by atoms with Crippen molar-refractivity contribution in [2.24, 2.45) is 11.0 Å². The standard InChI is InChI=1S/C36H42N8O8S2/c1-34(2,3)51-30(47)35(4,5)52-41-24(23-19-53-32(37)39-23)27(45)40-25-28(46)42-20-36(54-29(25)42,43-17-12-18-44(38)33(43)49)31(48)50-26(21-13-8-6-9-14-21)22-15-10-7-11-16-22/h6-11,13-16,19,25-26,29H,12,17-18,20,38H2,1-5H3,(H2,37,39)(H,40,45)/b41-24-/t25-,29-,36-/m1/s1. The Balaban J connectivity index is 1.28. The Morgan fingerprint density at radius 1 is 1.00 bits per heavy atom. The van der Waals surface area contributed by atoms with E-state index in [1.54, 1.807) is 20.8 Å². The second kappa shape index (κ2) is 14.9. The number of rotatable bonds is 11. The summed E-state index contributed by atoms with van der Waals surface area (Å²) in [7, 11) is 0. The highest BCUT2D eigenvalue weighted by atomic mass is 32.2. The number of nitrogens with two attached hydrogens (primary N) is 2. The SMILES string of the molecule is CC(C)(C)OC(=O)C(C)(C)O/N=C(\C(=O)N[C@@H]1C(=O)N2C[C@@](C(=O)OC(c3ccccc3)c3ccccc3)(N3CCCN(N)C3=O)S[C@H]12)c1csc(N)n1. The van der Waals surface area contributed by atoms with Crippen molar-refractivity contribution in [2.75, 3.05) is 25.4 Å². The van der Waals surface area contributed by atoms with Gasteiger partial charge in [0.05, 0.1) is 6.54 Å². The van der Waals surface area contributed by atoms with Crippen molar-refractivity contribution < 1.29 is 38.3 Å². The van der Waals surface area contributed by atoms with Crippen LogP contribution in [0.2, 0.25) is 0 Å². The van der Waals surface area contributed by atoms with Gasteiger partial charge in [0.15, 0.2) is 16.9 Å². The molecule has 54 heavy (non-hydrogen) atoms. The number of aromatic nitrogens is 1. The minimum Gasteiger partial charge on any atom is -0.457 e. The quantitative estimate of drug-likeness (QED) is 0.0641. The molecule has 3 aromatic rings.